The van der Waals surface area contributed by atoms with Crippen molar-refractivity contribution in [2.24, 2.45) is 5.92 Å². The second kappa shape index (κ2) is 5.89. The van der Waals surface area contributed by atoms with Crippen LogP contribution in [0.5, 0.6) is 0 Å². The summed E-state index contributed by atoms with van der Waals surface area (Å²) < 4.78 is 0. The molecule has 0 aromatic heterocycles. The van der Waals surface area contributed by atoms with E-state index in [4.69, 9.17) is 0 Å². The highest BCUT2D eigenvalue weighted by Crippen LogP contribution is 2.23. The summed E-state index contributed by atoms with van der Waals surface area (Å²) in [6.45, 7) is 9.40. The molecule has 3 heterocycles. The summed E-state index contributed by atoms with van der Waals surface area (Å²) in [5.74, 6) is 0.928. The first-order chi connectivity index (χ1) is 8.81. The zero-order valence-corrected chi connectivity index (χ0v) is 12.0. The van der Waals surface area contributed by atoms with Crippen LogP contribution in [0.4, 0.5) is 0 Å². The van der Waals surface area contributed by atoms with E-state index < -0.39 is 0 Å². The summed E-state index contributed by atoms with van der Waals surface area (Å²) in [5.41, 5.74) is 0. The average molecular weight is 251 g/mol. The Morgan fingerprint density at radius 3 is 2.61 bits per heavy atom. The first-order valence-corrected chi connectivity index (χ1v) is 7.96. The molecule has 0 aliphatic carbocycles. The molecule has 3 aliphatic rings. The molecule has 0 saturated carbocycles. The Labute approximate surface area is 112 Å². The lowest BCUT2D eigenvalue weighted by Crippen LogP contribution is -2.42. The first-order valence-electron chi connectivity index (χ1n) is 7.96. The van der Waals surface area contributed by atoms with Gasteiger partial charge < -0.3 is 9.80 Å². The fraction of sp³-hybridized carbons (Fsp3) is 1.00. The van der Waals surface area contributed by atoms with Gasteiger partial charge in [0, 0.05) is 25.7 Å². The maximum atomic E-state index is 2.78. The summed E-state index contributed by atoms with van der Waals surface area (Å²) in [7, 11) is 2.29. The Hall–Kier alpha value is -0.120. The molecule has 2 unspecified atom stereocenters. The number of fused-ring (bicyclic) bond motifs is 1. The highest BCUT2D eigenvalue weighted by molar-refractivity contribution is 4.86. The lowest BCUT2D eigenvalue weighted by Gasteiger charge is -2.34. The van der Waals surface area contributed by atoms with Gasteiger partial charge in [-0.05, 0) is 71.2 Å². The predicted octanol–water partition coefficient (Wildman–Crippen LogP) is 1.50. The minimum Gasteiger partial charge on any atom is -0.306 e. The molecule has 0 spiro atoms. The zero-order chi connectivity index (χ0) is 12.4. The number of hydrogen-bond acceptors (Lipinski definition) is 3. The maximum Gasteiger partial charge on any atom is 0.0223 e. The van der Waals surface area contributed by atoms with Gasteiger partial charge in [-0.2, -0.15) is 0 Å². The summed E-state index contributed by atoms with van der Waals surface area (Å²) >= 11 is 0. The van der Waals surface area contributed by atoms with Gasteiger partial charge in [0.05, 0.1) is 0 Å². The molecule has 104 valence electrons. The summed E-state index contributed by atoms with van der Waals surface area (Å²) in [6, 6.07) is 0.883. The Morgan fingerprint density at radius 1 is 0.889 bits per heavy atom. The van der Waals surface area contributed by atoms with Gasteiger partial charge in [-0.1, -0.05) is 0 Å². The van der Waals surface area contributed by atoms with E-state index in [-0.39, 0.29) is 0 Å². The van der Waals surface area contributed by atoms with Gasteiger partial charge in [-0.15, -0.1) is 0 Å². The van der Waals surface area contributed by atoms with Gasteiger partial charge in [0.2, 0.25) is 0 Å². The SMILES string of the molecule is CN1CCCC(CN2CCCN3CCCC3C2)C1. The van der Waals surface area contributed by atoms with E-state index >= 15 is 0 Å². The topological polar surface area (TPSA) is 9.72 Å². The molecule has 3 saturated heterocycles. The molecule has 0 aromatic rings. The van der Waals surface area contributed by atoms with E-state index in [1.807, 2.05) is 0 Å². The van der Waals surface area contributed by atoms with Gasteiger partial charge in [0.1, 0.15) is 0 Å². The highest BCUT2D eigenvalue weighted by Gasteiger charge is 2.29. The lowest BCUT2D eigenvalue weighted by molar-refractivity contribution is 0.144. The molecule has 0 amide bonds. The van der Waals surface area contributed by atoms with Gasteiger partial charge in [-0.25, -0.2) is 0 Å². The fourth-order valence-corrected chi connectivity index (χ4v) is 4.24. The van der Waals surface area contributed by atoms with Crippen molar-refractivity contribution in [2.45, 2.75) is 38.1 Å². The van der Waals surface area contributed by atoms with Crippen molar-refractivity contribution in [3.63, 3.8) is 0 Å². The van der Waals surface area contributed by atoms with E-state index in [2.05, 4.69) is 21.7 Å². The summed E-state index contributed by atoms with van der Waals surface area (Å²) in [5, 5.41) is 0. The van der Waals surface area contributed by atoms with Crippen LogP contribution in [-0.4, -0.2) is 73.6 Å². The molecule has 0 N–H and O–H groups in total. The molecular weight excluding hydrogens is 222 g/mol. The van der Waals surface area contributed by atoms with Crippen molar-refractivity contribution >= 4 is 0 Å². The fourth-order valence-electron chi connectivity index (χ4n) is 4.24. The Kier molecular flexibility index (Phi) is 4.22. The van der Waals surface area contributed by atoms with Crippen molar-refractivity contribution in [2.75, 3.05) is 52.9 Å². The third-order valence-corrected chi connectivity index (χ3v) is 5.13. The van der Waals surface area contributed by atoms with Crippen molar-refractivity contribution in [1.29, 1.82) is 0 Å². The van der Waals surface area contributed by atoms with Crippen LogP contribution < -0.4 is 0 Å². The van der Waals surface area contributed by atoms with E-state index in [1.54, 1.807) is 0 Å². The molecule has 0 aromatic carbocycles. The predicted molar refractivity (Wildman–Crippen MR) is 75.9 cm³/mol. The van der Waals surface area contributed by atoms with Crippen molar-refractivity contribution in [3.05, 3.63) is 0 Å². The molecule has 3 heteroatoms. The third kappa shape index (κ3) is 3.06. The van der Waals surface area contributed by atoms with Crippen LogP contribution in [0, 0.1) is 5.92 Å². The molecule has 3 rings (SSSR count). The van der Waals surface area contributed by atoms with Crippen molar-refractivity contribution in [1.82, 2.24) is 14.7 Å². The average Bonchev–Trinajstić information content (AvgIpc) is 2.69. The van der Waals surface area contributed by atoms with Gasteiger partial charge in [0.25, 0.3) is 0 Å². The Balaban J connectivity index is 1.52. The zero-order valence-electron chi connectivity index (χ0n) is 12.0. The molecule has 3 nitrogen and oxygen atoms in total. The van der Waals surface area contributed by atoms with E-state index in [0.717, 1.165) is 12.0 Å². The monoisotopic (exact) mass is 251 g/mol. The number of likely N-dealkylation sites (tertiary alicyclic amines) is 1. The molecule has 3 fully saturated rings. The van der Waals surface area contributed by atoms with Crippen LogP contribution in [0.1, 0.15) is 32.1 Å². The third-order valence-electron chi connectivity index (χ3n) is 5.13. The molecular formula is C15H29N3. The molecule has 18 heavy (non-hydrogen) atoms. The Morgan fingerprint density at radius 2 is 1.72 bits per heavy atom. The second-order valence-electron chi connectivity index (χ2n) is 6.72. The molecule has 3 aliphatic heterocycles. The minimum absolute atomic E-state index is 0.883. The van der Waals surface area contributed by atoms with Crippen molar-refractivity contribution in [3.8, 4) is 0 Å². The molecule has 0 radical (unpaired) electrons. The van der Waals surface area contributed by atoms with Crippen LogP contribution in [-0.2, 0) is 0 Å². The molecule has 0 bridgehead atoms. The summed E-state index contributed by atoms with van der Waals surface area (Å²) in [4.78, 5) is 8.04. The second-order valence-corrected chi connectivity index (χ2v) is 6.72. The van der Waals surface area contributed by atoms with Crippen LogP contribution in [0.15, 0.2) is 0 Å². The van der Waals surface area contributed by atoms with Crippen LogP contribution in [0.25, 0.3) is 0 Å². The first kappa shape index (κ1) is 12.9. The van der Waals surface area contributed by atoms with Crippen LogP contribution in [0.3, 0.4) is 0 Å². The van der Waals surface area contributed by atoms with E-state index in [1.165, 1.54) is 77.9 Å². The summed E-state index contributed by atoms with van der Waals surface area (Å²) in [6.07, 6.45) is 7.13. The Bertz CT molecular complexity index is 268. The smallest absolute Gasteiger partial charge is 0.0223 e. The van der Waals surface area contributed by atoms with Crippen LogP contribution in [0.2, 0.25) is 0 Å². The van der Waals surface area contributed by atoms with Crippen molar-refractivity contribution < 1.29 is 0 Å². The van der Waals surface area contributed by atoms with Crippen LogP contribution >= 0.6 is 0 Å². The number of rotatable bonds is 2. The molecule has 2 atom stereocenters. The highest BCUT2D eigenvalue weighted by atomic mass is 15.3. The normalized spacial score (nSPS) is 36.5. The van der Waals surface area contributed by atoms with E-state index in [0.29, 0.717) is 0 Å². The van der Waals surface area contributed by atoms with Gasteiger partial charge in [0.15, 0.2) is 0 Å². The quantitative estimate of drug-likeness (QED) is 0.736. The minimum atomic E-state index is 0.883. The van der Waals surface area contributed by atoms with Gasteiger partial charge in [-0.3, -0.25) is 4.90 Å². The number of piperidine rings is 1. The number of nitrogens with zero attached hydrogens (tertiary/aromatic N) is 3. The van der Waals surface area contributed by atoms with E-state index in [9.17, 15) is 0 Å². The largest absolute Gasteiger partial charge is 0.306 e. The number of hydrogen-bond donors (Lipinski definition) is 0. The maximum absolute atomic E-state index is 2.78. The van der Waals surface area contributed by atoms with Gasteiger partial charge >= 0.3 is 0 Å². The standard InChI is InChI=1S/C15H29N3/c1-16-7-2-5-14(11-16)12-17-8-4-10-18-9-3-6-15(18)13-17/h14-15H,2-13H2,1H3. The lowest BCUT2D eigenvalue weighted by atomic mass is 9.97.